The van der Waals surface area contributed by atoms with Gasteiger partial charge in [-0.05, 0) is 44.0 Å². The maximum Gasteiger partial charge on any atom is 0.226 e. The molecule has 9 heteroatoms. The minimum absolute atomic E-state index is 0.116. The zero-order chi connectivity index (χ0) is 21.0. The van der Waals surface area contributed by atoms with Crippen molar-refractivity contribution in [3.63, 3.8) is 0 Å². The van der Waals surface area contributed by atoms with Crippen molar-refractivity contribution in [2.45, 2.75) is 46.6 Å². The van der Waals surface area contributed by atoms with Crippen LogP contribution in [0.15, 0.2) is 18.2 Å². The third-order valence-electron chi connectivity index (χ3n) is 4.52. The van der Waals surface area contributed by atoms with Gasteiger partial charge in [-0.3, -0.25) is 14.3 Å². The van der Waals surface area contributed by atoms with Crippen LogP contribution in [0, 0.1) is 25.2 Å². The molecule has 0 unspecified atom stereocenters. The first-order valence-electron chi connectivity index (χ1n) is 9.25. The van der Waals surface area contributed by atoms with E-state index in [0.29, 0.717) is 36.6 Å². The molecule has 2 amide bonds. The Balaban J connectivity index is 1.63. The van der Waals surface area contributed by atoms with Crippen LogP contribution in [0.4, 0.5) is 10.8 Å². The molecule has 0 aliphatic carbocycles. The smallest absolute Gasteiger partial charge is 0.226 e. The first-order valence-corrected chi connectivity index (χ1v) is 10.1. The predicted octanol–water partition coefficient (Wildman–Crippen LogP) is 3.55. The van der Waals surface area contributed by atoms with Crippen LogP contribution >= 0.6 is 11.3 Å². The van der Waals surface area contributed by atoms with Gasteiger partial charge in [-0.15, -0.1) is 0 Å². The molecule has 0 bridgehead atoms. The zero-order valence-electron chi connectivity index (χ0n) is 16.6. The van der Waals surface area contributed by atoms with Crippen LogP contribution in [0.5, 0.6) is 0 Å². The number of nitrogens with zero attached hydrogens (tertiary/aromatic N) is 4. The normalized spacial score (nSPS) is 10.7. The topological polar surface area (TPSA) is 113 Å². The van der Waals surface area contributed by atoms with Gasteiger partial charge in [0.15, 0.2) is 5.13 Å². The Morgan fingerprint density at radius 3 is 2.79 bits per heavy atom. The van der Waals surface area contributed by atoms with Gasteiger partial charge in [-0.1, -0.05) is 11.3 Å². The number of nitriles is 1. The molecule has 0 saturated heterocycles. The highest BCUT2D eigenvalue weighted by Gasteiger charge is 2.14. The molecule has 3 rings (SSSR count). The summed E-state index contributed by atoms with van der Waals surface area (Å²) in [6.45, 7) is 5.90. The van der Waals surface area contributed by atoms with Crippen LogP contribution in [0.2, 0.25) is 0 Å². The Morgan fingerprint density at radius 2 is 2.07 bits per heavy atom. The Bertz CT molecular complexity index is 1110. The summed E-state index contributed by atoms with van der Waals surface area (Å²) in [5.74, 6) is -0.251. The number of amides is 2. The maximum atomic E-state index is 12.4. The third kappa shape index (κ3) is 4.97. The van der Waals surface area contributed by atoms with Crippen molar-refractivity contribution in [3.8, 4) is 6.07 Å². The molecule has 3 aromatic rings. The SMILES string of the molecule is CC(=O)Nc1ccc2nc(NC(=O)CCc3c(C)nn(CCC#N)c3C)sc2c1. The van der Waals surface area contributed by atoms with E-state index in [1.54, 1.807) is 6.07 Å². The van der Waals surface area contributed by atoms with E-state index in [-0.39, 0.29) is 11.8 Å². The minimum atomic E-state index is -0.135. The van der Waals surface area contributed by atoms with Gasteiger partial charge in [-0.25, -0.2) is 4.98 Å². The maximum absolute atomic E-state index is 12.4. The molecule has 0 aliphatic heterocycles. The second-order valence-electron chi connectivity index (χ2n) is 6.71. The van der Waals surface area contributed by atoms with E-state index in [0.717, 1.165) is 27.2 Å². The van der Waals surface area contributed by atoms with Crippen LogP contribution in [0.3, 0.4) is 0 Å². The third-order valence-corrected chi connectivity index (χ3v) is 5.46. The number of fused-ring (bicyclic) bond motifs is 1. The molecule has 0 saturated carbocycles. The van der Waals surface area contributed by atoms with Crippen LogP contribution in [0.25, 0.3) is 10.2 Å². The molecule has 0 radical (unpaired) electrons. The quantitative estimate of drug-likeness (QED) is 0.618. The van der Waals surface area contributed by atoms with E-state index in [1.807, 2.05) is 30.7 Å². The molecule has 150 valence electrons. The van der Waals surface area contributed by atoms with Gasteiger partial charge in [0, 0.05) is 24.7 Å². The lowest BCUT2D eigenvalue weighted by Gasteiger charge is -2.04. The second kappa shape index (κ2) is 8.84. The van der Waals surface area contributed by atoms with E-state index >= 15 is 0 Å². The number of aromatic nitrogens is 3. The number of rotatable bonds is 7. The van der Waals surface area contributed by atoms with Crippen molar-refractivity contribution in [2.24, 2.45) is 0 Å². The van der Waals surface area contributed by atoms with Gasteiger partial charge < -0.3 is 10.6 Å². The Kier molecular flexibility index (Phi) is 6.24. The molecule has 2 heterocycles. The summed E-state index contributed by atoms with van der Waals surface area (Å²) < 4.78 is 2.71. The van der Waals surface area contributed by atoms with E-state index in [2.05, 4.69) is 26.8 Å². The summed E-state index contributed by atoms with van der Waals surface area (Å²) in [4.78, 5) is 28.0. The Labute approximate surface area is 172 Å². The molecule has 1 aromatic carbocycles. The van der Waals surface area contributed by atoms with E-state index < -0.39 is 0 Å². The van der Waals surface area contributed by atoms with Crippen LogP contribution in [0.1, 0.15) is 36.7 Å². The average molecular weight is 411 g/mol. The second-order valence-corrected chi connectivity index (χ2v) is 7.74. The summed E-state index contributed by atoms with van der Waals surface area (Å²) in [5, 5.41) is 19.3. The molecule has 0 aliphatic rings. The summed E-state index contributed by atoms with van der Waals surface area (Å²) in [7, 11) is 0. The van der Waals surface area contributed by atoms with Gasteiger partial charge in [0.1, 0.15) is 0 Å². The van der Waals surface area contributed by atoms with E-state index in [1.165, 1.54) is 18.3 Å². The number of benzene rings is 1. The molecular formula is C20H22N6O2S. The van der Waals surface area contributed by atoms with Crippen LogP contribution in [-0.2, 0) is 22.6 Å². The van der Waals surface area contributed by atoms with E-state index in [4.69, 9.17) is 5.26 Å². The van der Waals surface area contributed by atoms with Crippen molar-refractivity contribution in [3.05, 3.63) is 35.2 Å². The number of hydrogen-bond donors (Lipinski definition) is 2. The highest BCUT2D eigenvalue weighted by molar-refractivity contribution is 7.22. The van der Waals surface area contributed by atoms with Crippen molar-refractivity contribution in [2.75, 3.05) is 10.6 Å². The van der Waals surface area contributed by atoms with Gasteiger partial charge in [0.25, 0.3) is 0 Å². The highest BCUT2D eigenvalue weighted by Crippen LogP contribution is 2.28. The summed E-state index contributed by atoms with van der Waals surface area (Å²) in [6.07, 6.45) is 1.30. The zero-order valence-corrected chi connectivity index (χ0v) is 17.4. The fraction of sp³-hybridized carbons (Fsp3) is 0.350. The molecule has 0 spiro atoms. The minimum Gasteiger partial charge on any atom is -0.326 e. The molecule has 8 nitrogen and oxygen atoms in total. The highest BCUT2D eigenvalue weighted by atomic mass is 32.1. The first-order chi connectivity index (χ1) is 13.9. The molecular weight excluding hydrogens is 388 g/mol. The number of thiazole rings is 1. The van der Waals surface area contributed by atoms with Crippen molar-refractivity contribution in [1.29, 1.82) is 5.26 Å². The lowest BCUT2D eigenvalue weighted by Crippen LogP contribution is -2.12. The fourth-order valence-electron chi connectivity index (χ4n) is 3.15. The predicted molar refractivity (Wildman–Crippen MR) is 113 cm³/mol. The average Bonchev–Trinajstić information content (AvgIpc) is 3.17. The first kappa shape index (κ1) is 20.5. The number of aryl methyl sites for hydroxylation is 2. The van der Waals surface area contributed by atoms with E-state index in [9.17, 15) is 9.59 Å². The van der Waals surface area contributed by atoms with Gasteiger partial charge in [0.2, 0.25) is 11.8 Å². The molecule has 2 aromatic heterocycles. The molecule has 0 atom stereocenters. The Morgan fingerprint density at radius 1 is 1.28 bits per heavy atom. The lowest BCUT2D eigenvalue weighted by atomic mass is 10.1. The molecule has 29 heavy (non-hydrogen) atoms. The van der Waals surface area contributed by atoms with Crippen molar-refractivity contribution in [1.82, 2.24) is 14.8 Å². The number of carbonyl (C=O) groups excluding carboxylic acids is 2. The van der Waals surface area contributed by atoms with Gasteiger partial charge >= 0.3 is 0 Å². The number of hydrogen-bond acceptors (Lipinski definition) is 6. The number of nitrogens with one attached hydrogen (secondary N) is 2. The summed E-state index contributed by atoms with van der Waals surface area (Å²) >= 11 is 1.37. The van der Waals surface area contributed by atoms with Crippen molar-refractivity contribution < 1.29 is 9.59 Å². The van der Waals surface area contributed by atoms with Gasteiger partial charge in [0.05, 0.1) is 34.9 Å². The molecule has 2 N–H and O–H groups in total. The Hall–Kier alpha value is -3.25. The monoisotopic (exact) mass is 410 g/mol. The standard InChI is InChI=1S/C20H22N6O2S/c1-12-16(13(2)26(25-12)10-4-9-21)6-8-19(28)24-20-23-17-7-5-15(22-14(3)27)11-18(17)29-20/h5,7,11H,4,6,8,10H2,1-3H3,(H,22,27)(H,23,24,28). The fourth-order valence-corrected chi connectivity index (χ4v) is 4.07. The van der Waals surface area contributed by atoms with Gasteiger partial charge in [-0.2, -0.15) is 10.4 Å². The van der Waals surface area contributed by atoms with Crippen LogP contribution in [-0.4, -0.2) is 26.6 Å². The summed E-state index contributed by atoms with van der Waals surface area (Å²) in [5.41, 5.74) is 4.40. The molecule has 0 fully saturated rings. The van der Waals surface area contributed by atoms with Crippen molar-refractivity contribution >= 4 is 44.2 Å². The largest absolute Gasteiger partial charge is 0.326 e. The number of carbonyl (C=O) groups is 2. The summed E-state index contributed by atoms with van der Waals surface area (Å²) in [6, 6.07) is 7.56. The lowest BCUT2D eigenvalue weighted by molar-refractivity contribution is -0.116. The number of anilines is 2. The van der Waals surface area contributed by atoms with Crippen LogP contribution < -0.4 is 10.6 Å².